The normalized spacial score (nSPS) is 12.1. The molecule has 0 atom stereocenters. The van der Waals surface area contributed by atoms with Crippen molar-refractivity contribution in [3.8, 4) is 0 Å². The van der Waals surface area contributed by atoms with E-state index in [1.807, 2.05) is 24.3 Å². The number of fused-ring (bicyclic) bond motifs is 1. The van der Waals surface area contributed by atoms with Crippen LogP contribution in [0.5, 0.6) is 0 Å². The second-order valence-corrected chi connectivity index (χ2v) is 5.73. The Morgan fingerprint density at radius 2 is 1.89 bits per heavy atom. The van der Waals surface area contributed by atoms with E-state index in [0.29, 0.717) is 24.7 Å². The third kappa shape index (κ3) is 2.99. The molecule has 6 heteroatoms. The predicted molar refractivity (Wildman–Crippen MR) is 68.6 cm³/mol. The highest BCUT2D eigenvalue weighted by Gasteiger charge is 2.27. The molecule has 0 saturated heterocycles. The number of benzene rings is 1. The zero-order valence-electron chi connectivity index (χ0n) is 10.5. The van der Waals surface area contributed by atoms with Gasteiger partial charge < -0.3 is 13.5 Å². The molecule has 18 heavy (non-hydrogen) atoms. The van der Waals surface area contributed by atoms with E-state index in [9.17, 15) is 4.57 Å². The first-order chi connectivity index (χ1) is 8.67. The van der Waals surface area contributed by atoms with Crippen molar-refractivity contribution in [2.45, 2.75) is 20.0 Å². The third-order valence-corrected chi connectivity index (χ3v) is 4.28. The van der Waals surface area contributed by atoms with E-state index in [4.69, 9.17) is 13.5 Å². The molecule has 98 valence electrons. The van der Waals surface area contributed by atoms with E-state index in [1.165, 1.54) is 0 Å². The van der Waals surface area contributed by atoms with Crippen molar-refractivity contribution in [1.29, 1.82) is 0 Å². The number of hydrogen-bond donors (Lipinski definition) is 0. The molecule has 0 saturated carbocycles. The Balaban J connectivity index is 2.23. The van der Waals surface area contributed by atoms with Gasteiger partial charge in [0.25, 0.3) is 0 Å². The SMILES string of the molecule is CCOP(=O)(Cc1nc2ccccc2o1)OCC. The zero-order chi connectivity index (χ0) is 13.0. The first-order valence-electron chi connectivity index (χ1n) is 5.89. The highest BCUT2D eigenvalue weighted by atomic mass is 31.2. The second-order valence-electron chi connectivity index (χ2n) is 3.68. The fourth-order valence-corrected chi connectivity index (χ4v) is 3.19. The van der Waals surface area contributed by atoms with Gasteiger partial charge in [-0.3, -0.25) is 4.57 Å². The number of aromatic nitrogens is 1. The summed E-state index contributed by atoms with van der Waals surface area (Å²) in [5.74, 6) is 0.376. The summed E-state index contributed by atoms with van der Waals surface area (Å²) in [5, 5.41) is 0. The van der Waals surface area contributed by atoms with Crippen molar-refractivity contribution < 1.29 is 18.0 Å². The van der Waals surface area contributed by atoms with Crippen molar-refractivity contribution in [2.24, 2.45) is 0 Å². The van der Waals surface area contributed by atoms with Gasteiger partial charge in [-0.2, -0.15) is 0 Å². The lowest BCUT2D eigenvalue weighted by Crippen LogP contribution is -1.99. The Morgan fingerprint density at radius 1 is 1.22 bits per heavy atom. The average molecular weight is 269 g/mol. The molecule has 0 N–H and O–H groups in total. The van der Waals surface area contributed by atoms with Gasteiger partial charge in [0, 0.05) is 0 Å². The second kappa shape index (κ2) is 5.65. The monoisotopic (exact) mass is 269 g/mol. The molecule has 1 aromatic heterocycles. The van der Waals surface area contributed by atoms with Crippen LogP contribution in [0.4, 0.5) is 0 Å². The summed E-state index contributed by atoms with van der Waals surface area (Å²) < 4.78 is 28.2. The molecule has 0 fully saturated rings. The van der Waals surface area contributed by atoms with Gasteiger partial charge in [-0.1, -0.05) is 12.1 Å². The van der Waals surface area contributed by atoms with Crippen LogP contribution >= 0.6 is 7.60 Å². The molecule has 0 amide bonds. The Morgan fingerprint density at radius 3 is 2.50 bits per heavy atom. The first-order valence-corrected chi connectivity index (χ1v) is 7.62. The van der Waals surface area contributed by atoms with Crippen LogP contribution < -0.4 is 0 Å². The van der Waals surface area contributed by atoms with Crippen LogP contribution in [0.1, 0.15) is 19.7 Å². The molecule has 0 aliphatic heterocycles. The summed E-state index contributed by atoms with van der Waals surface area (Å²) in [6.45, 7) is 4.21. The summed E-state index contributed by atoms with van der Waals surface area (Å²) in [4.78, 5) is 4.26. The quantitative estimate of drug-likeness (QED) is 0.750. The highest BCUT2D eigenvalue weighted by molar-refractivity contribution is 7.52. The topological polar surface area (TPSA) is 61.6 Å². The smallest absolute Gasteiger partial charge is 0.339 e. The van der Waals surface area contributed by atoms with Gasteiger partial charge in [-0.25, -0.2) is 4.98 Å². The Hall–Kier alpha value is -1.16. The van der Waals surface area contributed by atoms with Crippen molar-refractivity contribution >= 4 is 18.7 Å². The van der Waals surface area contributed by atoms with Gasteiger partial charge in [0.05, 0.1) is 13.2 Å². The molecule has 0 unspecified atom stereocenters. The zero-order valence-corrected chi connectivity index (χ0v) is 11.4. The van der Waals surface area contributed by atoms with E-state index in [1.54, 1.807) is 13.8 Å². The van der Waals surface area contributed by atoms with Crippen LogP contribution in [-0.4, -0.2) is 18.2 Å². The van der Waals surface area contributed by atoms with Crippen molar-refractivity contribution in [3.63, 3.8) is 0 Å². The van der Waals surface area contributed by atoms with Crippen LogP contribution in [0.15, 0.2) is 28.7 Å². The molecular formula is C12H16NO4P. The van der Waals surface area contributed by atoms with Crippen LogP contribution in [0, 0.1) is 0 Å². The van der Waals surface area contributed by atoms with Crippen LogP contribution in [-0.2, 0) is 19.8 Å². The predicted octanol–water partition coefficient (Wildman–Crippen LogP) is 3.59. The number of nitrogens with zero attached hydrogens (tertiary/aromatic N) is 1. The minimum absolute atomic E-state index is 0.0589. The molecule has 0 spiro atoms. The maximum atomic E-state index is 12.3. The summed E-state index contributed by atoms with van der Waals surface area (Å²) in [7, 11) is -3.15. The van der Waals surface area contributed by atoms with E-state index in [-0.39, 0.29) is 6.16 Å². The maximum absolute atomic E-state index is 12.3. The standard InChI is InChI=1S/C12H16NO4P/c1-3-15-18(14,16-4-2)9-12-13-10-7-5-6-8-11(10)17-12/h5-8H,3-4,9H2,1-2H3. The summed E-state index contributed by atoms with van der Waals surface area (Å²) in [5.41, 5.74) is 1.42. The highest BCUT2D eigenvalue weighted by Crippen LogP contribution is 2.51. The molecule has 0 aliphatic rings. The minimum atomic E-state index is -3.15. The number of hydrogen-bond acceptors (Lipinski definition) is 5. The molecule has 5 nitrogen and oxygen atoms in total. The molecule has 0 radical (unpaired) electrons. The van der Waals surface area contributed by atoms with E-state index in [0.717, 1.165) is 5.52 Å². The summed E-state index contributed by atoms with van der Waals surface area (Å²) >= 11 is 0. The lowest BCUT2D eigenvalue weighted by molar-refractivity contribution is 0.217. The minimum Gasteiger partial charge on any atom is -0.440 e. The number of rotatable bonds is 6. The Labute approximate surface area is 106 Å². The Kier molecular flexibility index (Phi) is 4.17. The largest absolute Gasteiger partial charge is 0.440 e. The van der Waals surface area contributed by atoms with Gasteiger partial charge in [-0.05, 0) is 26.0 Å². The Bertz CT molecular complexity index is 523. The van der Waals surface area contributed by atoms with Gasteiger partial charge in [0.1, 0.15) is 11.7 Å². The van der Waals surface area contributed by atoms with Crippen LogP contribution in [0.2, 0.25) is 0 Å². The summed E-state index contributed by atoms with van der Waals surface area (Å²) in [6, 6.07) is 7.40. The average Bonchev–Trinajstić information content (AvgIpc) is 2.70. The molecule has 1 aromatic carbocycles. The number of para-hydroxylation sites is 2. The molecule has 2 aromatic rings. The number of oxazole rings is 1. The van der Waals surface area contributed by atoms with Crippen LogP contribution in [0.3, 0.4) is 0 Å². The van der Waals surface area contributed by atoms with Crippen molar-refractivity contribution in [3.05, 3.63) is 30.2 Å². The molecule has 0 bridgehead atoms. The molecular weight excluding hydrogens is 253 g/mol. The fourth-order valence-electron chi connectivity index (χ4n) is 1.68. The van der Waals surface area contributed by atoms with Crippen molar-refractivity contribution in [1.82, 2.24) is 4.98 Å². The van der Waals surface area contributed by atoms with Gasteiger partial charge in [-0.15, -0.1) is 0 Å². The van der Waals surface area contributed by atoms with Crippen molar-refractivity contribution in [2.75, 3.05) is 13.2 Å². The first kappa shape index (κ1) is 13.3. The maximum Gasteiger partial charge on any atom is 0.339 e. The van der Waals surface area contributed by atoms with E-state index < -0.39 is 7.60 Å². The molecule has 1 heterocycles. The molecule has 0 aliphatic carbocycles. The van der Waals surface area contributed by atoms with Gasteiger partial charge in [0.2, 0.25) is 5.89 Å². The van der Waals surface area contributed by atoms with E-state index >= 15 is 0 Å². The van der Waals surface area contributed by atoms with Crippen LogP contribution in [0.25, 0.3) is 11.1 Å². The fraction of sp³-hybridized carbons (Fsp3) is 0.417. The van der Waals surface area contributed by atoms with E-state index in [2.05, 4.69) is 4.98 Å². The summed E-state index contributed by atoms with van der Waals surface area (Å²) in [6.07, 6.45) is 0.0589. The molecule has 2 rings (SSSR count). The van der Waals surface area contributed by atoms with Gasteiger partial charge >= 0.3 is 7.60 Å². The lowest BCUT2D eigenvalue weighted by Gasteiger charge is -2.14. The lowest BCUT2D eigenvalue weighted by atomic mass is 10.3. The third-order valence-electron chi connectivity index (χ3n) is 2.32. The van der Waals surface area contributed by atoms with Gasteiger partial charge in [0.15, 0.2) is 5.58 Å².